The Balaban J connectivity index is 2.40. The second-order valence-electron chi connectivity index (χ2n) is 3.49. The molecule has 1 atom stereocenters. The fourth-order valence-electron chi connectivity index (χ4n) is 1.67. The normalized spacial score (nSPS) is 13.0. The molecule has 1 unspecified atom stereocenters. The van der Waals surface area contributed by atoms with Gasteiger partial charge in [-0.2, -0.15) is 0 Å². The molecule has 2 heterocycles. The van der Waals surface area contributed by atoms with E-state index in [9.17, 15) is 0 Å². The van der Waals surface area contributed by atoms with E-state index in [1.807, 2.05) is 14.0 Å². The maximum Gasteiger partial charge on any atom is 0.101 e. The lowest BCUT2D eigenvalue weighted by molar-refractivity contribution is 0.528. The minimum absolute atomic E-state index is 0.161. The highest BCUT2D eigenvalue weighted by atomic mass is 79.9. The Labute approximate surface area is 115 Å². The molecule has 0 aliphatic heterocycles. The number of hydrogen-bond acceptors (Lipinski definition) is 3. The van der Waals surface area contributed by atoms with E-state index in [2.05, 4.69) is 49.3 Å². The number of thiophene rings is 1. The molecule has 1 N–H and O–H groups in total. The third-order valence-corrected chi connectivity index (χ3v) is 4.75. The van der Waals surface area contributed by atoms with Crippen molar-refractivity contribution in [1.82, 2.24) is 5.32 Å². The highest BCUT2D eigenvalue weighted by molar-refractivity contribution is 9.12. The molecule has 0 saturated heterocycles. The van der Waals surface area contributed by atoms with Crippen molar-refractivity contribution in [3.63, 3.8) is 0 Å². The summed E-state index contributed by atoms with van der Waals surface area (Å²) in [6.45, 7) is 1.95. The number of hydrogen-bond donors (Lipinski definition) is 1. The summed E-state index contributed by atoms with van der Waals surface area (Å²) >= 11 is 8.75. The monoisotopic (exact) mass is 363 g/mol. The average Bonchev–Trinajstić information content (AvgIpc) is 2.76. The fraction of sp³-hybridized carbons (Fsp3) is 0.273. The number of furan rings is 1. The first-order valence-electron chi connectivity index (χ1n) is 4.79. The van der Waals surface area contributed by atoms with Crippen molar-refractivity contribution in [1.29, 1.82) is 0 Å². The summed E-state index contributed by atoms with van der Waals surface area (Å²) in [7, 11) is 1.95. The maximum atomic E-state index is 5.35. The molecule has 0 saturated carbocycles. The molecule has 2 aromatic rings. The van der Waals surface area contributed by atoms with E-state index in [1.165, 1.54) is 5.56 Å². The Morgan fingerprint density at radius 3 is 2.56 bits per heavy atom. The second kappa shape index (κ2) is 5.04. The minimum atomic E-state index is 0.161. The third kappa shape index (κ3) is 2.42. The van der Waals surface area contributed by atoms with Crippen LogP contribution in [0.25, 0.3) is 0 Å². The molecule has 0 fully saturated rings. The molecule has 16 heavy (non-hydrogen) atoms. The van der Waals surface area contributed by atoms with Gasteiger partial charge in [-0.1, -0.05) is 0 Å². The van der Waals surface area contributed by atoms with Gasteiger partial charge in [0.25, 0.3) is 0 Å². The van der Waals surface area contributed by atoms with Crippen molar-refractivity contribution >= 4 is 43.2 Å². The van der Waals surface area contributed by atoms with Gasteiger partial charge in [-0.05, 0) is 63.5 Å². The largest absolute Gasteiger partial charge is 0.469 e. The Morgan fingerprint density at radius 1 is 1.38 bits per heavy atom. The van der Waals surface area contributed by atoms with E-state index in [1.54, 1.807) is 17.6 Å². The summed E-state index contributed by atoms with van der Waals surface area (Å²) in [6.07, 6.45) is 1.80. The molecule has 0 radical (unpaired) electrons. The van der Waals surface area contributed by atoms with Gasteiger partial charge in [0.1, 0.15) is 5.76 Å². The van der Waals surface area contributed by atoms with Crippen LogP contribution in [0.15, 0.2) is 30.4 Å². The molecule has 2 rings (SSSR count). The predicted octanol–water partition coefficient (Wildman–Crippen LogP) is 4.48. The summed E-state index contributed by atoms with van der Waals surface area (Å²) in [5.74, 6) is 0.931. The lowest BCUT2D eigenvalue weighted by atomic mass is 10.0. The van der Waals surface area contributed by atoms with Gasteiger partial charge < -0.3 is 9.73 Å². The van der Waals surface area contributed by atoms with Crippen molar-refractivity contribution in [2.24, 2.45) is 0 Å². The summed E-state index contributed by atoms with van der Waals surface area (Å²) in [6, 6.07) is 4.34. The van der Waals surface area contributed by atoms with E-state index >= 15 is 0 Å². The van der Waals surface area contributed by atoms with E-state index < -0.39 is 0 Å². The molecular formula is C11H11Br2NOS. The van der Waals surface area contributed by atoms with Gasteiger partial charge in [0.2, 0.25) is 0 Å². The molecule has 0 bridgehead atoms. The smallest absolute Gasteiger partial charge is 0.101 e. The van der Waals surface area contributed by atoms with Crippen molar-refractivity contribution in [2.75, 3.05) is 7.05 Å². The lowest BCUT2D eigenvalue weighted by Crippen LogP contribution is -2.16. The van der Waals surface area contributed by atoms with Gasteiger partial charge >= 0.3 is 0 Å². The van der Waals surface area contributed by atoms with Crippen LogP contribution < -0.4 is 5.32 Å². The average molecular weight is 365 g/mol. The van der Waals surface area contributed by atoms with Gasteiger partial charge in [0, 0.05) is 5.56 Å². The SMILES string of the molecule is CNC(c1coc(C)c1)c1cc(Br)sc1Br. The summed E-state index contributed by atoms with van der Waals surface area (Å²) in [5.41, 5.74) is 2.37. The zero-order chi connectivity index (χ0) is 11.7. The van der Waals surface area contributed by atoms with Gasteiger partial charge in [0.05, 0.1) is 19.9 Å². The topological polar surface area (TPSA) is 25.2 Å². The summed E-state index contributed by atoms with van der Waals surface area (Å²) in [5, 5.41) is 3.30. The molecule has 0 amide bonds. The Bertz CT molecular complexity index is 492. The first kappa shape index (κ1) is 12.4. The molecule has 5 heteroatoms. The standard InChI is InChI=1S/C11H11Br2NOS/c1-6-3-7(5-15-6)10(14-2)8-4-9(12)16-11(8)13/h3-5,10,14H,1-2H3. The van der Waals surface area contributed by atoms with Crippen molar-refractivity contribution < 1.29 is 4.42 Å². The molecule has 0 aromatic carbocycles. The van der Waals surface area contributed by atoms with Crippen molar-refractivity contribution in [3.05, 3.63) is 42.9 Å². The van der Waals surface area contributed by atoms with Crippen LogP contribution >= 0.6 is 43.2 Å². The van der Waals surface area contributed by atoms with Crippen LogP contribution in [0.4, 0.5) is 0 Å². The van der Waals surface area contributed by atoms with Crippen LogP contribution in [0.2, 0.25) is 0 Å². The molecule has 2 nitrogen and oxygen atoms in total. The van der Waals surface area contributed by atoms with Crippen LogP contribution in [-0.4, -0.2) is 7.05 Å². The Hall–Kier alpha value is -0.100. The number of aryl methyl sites for hydroxylation is 1. The number of halogens is 2. The Morgan fingerprint density at radius 2 is 2.12 bits per heavy atom. The predicted molar refractivity (Wildman–Crippen MR) is 74.1 cm³/mol. The first-order chi connectivity index (χ1) is 7.61. The lowest BCUT2D eigenvalue weighted by Gasteiger charge is -2.13. The zero-order valence-corrected chi connectivity index (χ0v) is 12.9. The van der Waals surface area contributed by atoms with Gasteiger partial charge in [0.15, 0.2) is 0 Å². The number of nitrogens with one attached hydrogen (secondary N) is 1. The third-order valence-electron chi connectivity index (χ3n) is 2.37. The van der Waals surface area contributed by atoms with Gasteiger partial charge in [-0.3, -0.25) is 0 Å². The van der Waals surface area contributed by atoms with E-state index in [0.717, 1.165) is 18.9 Å². The highest BCUT2D eigenvalue weighted by Crippen LogP contribution is 2.38. The first-order valence-corrected chi connectivity index (χ1v) is 7.19. The van der Waals surface area contributed by atoms with E-state index in [-0.39, 0.29) is 6.04 Å². The van der Waals surface area contributed by atoms with E-state index in [0.29, 0.717) is 0 Å². The Kier molecular flexibility index (Phi) is 3.89. The quantitative estimate of drug-likeness (QED) is 0.868. The maximum absolute atomic E-state index is 5.35. The van der Waals surface area contributed by atoms with Crippen LogP contribution in [0.3, 0.4) is 0 Å². The van der Waals surface area contributed by atoms with Crippen LogP contribution in [0.1, 0.15) is 22.9 Å². The van der Waals surface area contributed by atoms with Gasteiger partial charge in [-0.25, -0.2) is 0 Å². The second-order valence-corrected chi connectivity index (χ2v) is 7.24. The van der Waals surface area contributed by atoms with Gasteiger partial charge in [-0.15, -0.1) is 11.3 Å². The molecular weight excluding hydrogens is 354 g/mol. The summed E-state index contributed by atoms with van der Waals surface area (Å²) in [4.78, 5) is 0. The van der Waals surface area contributed by atoms with Crippen LogP contribution in [0.5, 0.6) is 0 Å². The fourth-order valence-corrected chi connectivity index (χ4v) is 4.57. The van der Waals surface area contributed by atoms with Crippen molar-refractivity contribution in [3.8, 4) is 0 Å². The molecule has 0 aliphatic carbocycles. The highest BCUT2D eigenvalue weighted by Gasteiger charge is 2.18. The molecule has 2 aromatic heterocycles. The zero-order valence-electron chi connectivity index (χ0n) is 8.88. The van der Waals surface area contributed by atoms with Crippen molar-refractivity contribution in [2.45, 2.75) is 13.0 Å². The minimum Gasteiger partial charge on any atom is -0.469 e. The summed E-state index contributed by atoms with van der Waals surface area (Å²) < 4.78 is 7.61. The van der Waals surface area contributed by atoms with E-state index in [4.69, 9.17) is 4.42 Å². The molecule has 86 valence electrons. The van der Waals surface area contributed by atoms with Crippen LogP contribution in [0, 0.1) is 6.92 Å². The van der Waals surface area contributed by atoms with Crippen LogP contribution in [-0.2, 0) is 0 Å². The molecule has 0 spiro atoms. The molecule has 0 aliphatic rings. The number of rotatable bonds is 3.